The van der Waals surface area contributed by atoms with Gasteiger partial charge < -0.3 is 20.4 Å². The Morgan fingerprint density at radius 2 is 1.90 bits per heavy atom. The van der Waals surface area contributed by atoms with Gasteiger partial charge in [-0.15, -0.1) is 0 Å². The molecule has 1 saturated heterocycles. The van der Waals surface area contributed by atoms with Crippen molar-refractivity contribution in [1.29, 1.82) is 0 Å². The molecule has 0 saturated carbocycles. The minimum absolute atomic E-state index is 0.184. The van der Waals surface area contributed by atoms with Crippen LogP contribution in [0.4, 0.5) is 11.4 Å². The molecule has 3 aromatic rings. The van der Waals surface area contributed by atoms with Crippen LogP contribution in [-0.2, 0) is 9.53 Å². The lowest BCUT2D eigenvalue weighted by Gasteiger charge is -2.12. The van der Waals surface area contributed by atoms with Gasteiger partial charge in [-0.1, -0.05) is 12.1 Å². The number of nitrogens with one attached hydrogen (secondary N) is 3. The van der Waals surface area contributed by atoms with Crippen molar-refractivity contribution in [2.24, 2.45) is 0 Å². The topological polar surface area (TPSA) is 88.2 Å². The zero-order chi connectivity index (χ0) is 20.2. The van der Waals surface area contributed by atoms with Gasteiger partial charge in [0, 0.05) is 41.6 Å². The summed E-state index contributed by atoms with van der Waals surface area (Å²) >= 11 is 5.24. The van der Waals surface area contributed by atoms with Gasteiger partial charge in [0.2, 0.25) is 0 Å². The van der Waals surface area contributed by atoms with E-state index in [0.717, 1.165) is 12.1 Å². The van der Waals surface area contributed by atoms with E-state index in [1.165, 1.54) is 0 Å². The molecule has 2 heterocycles. The third kappa shape index (κ3) is 4.44. The quantitative estimate of drug-likeness (QED) is 0.559. The van der Waals surface area contributed by atoms with Gasteiger partial charge in [-0.25, -0.2) is 0 Å². The number of carbonyl (C=O) groups is 2. The Balaban J connectivity index is 1.47. The fourth-order valence-electron chi connectivity index (χ4n) is 3.21. The molecule has 1 atom stereocenters. The molecule has 4 rings (SSSR count). The van der Waals surface area contributed by atoms with Crippen LogP contribution >= 0.6 is 12.2 Å². The van der Waals surface area contributed by atoms with Crippen molar-refractivity contribution in [3.8, 4) is 5.69 Å². The molecule has 2 amide bonds. The van der Waals surface area contributed by atoms with Crippen LogP contribution in [0.1, 0.15) is 23.2 Å². The van der Waals surface area contributed by atoms with Crippen molar-refractivity contribution < 1.29 is 14.3 Å². The third-order valence-electron chi connectivity index (χ3n) is 4.65. The van der Waals surface area contributed by atoms with Crippen molar-refractivity contribution in [1.82, 2.24) is 9.55 Å². The Morgan fingerprint density at radius 1 is 1.10 bits per heavy atom. The molecule has 0 spiro atoms. The molecule has 0 radical (unpaired) electrons. The Hall–Kier alpha value is -3.23. The highest BCUT2D eigenvalue weighted by Crippen LogP contribution is 2.19. The number of H-pyrrole nitrogens is 1. The molecule has 0 aliphatic carbocycles. The van der Waals surface area contributed by atoms with Gasteiger partial charge in [-0.2, -0.15) is 0 Å². The standard InChI is InChI=1S/C21H20N4O3S/c26-19(23-16-6-2-7-17(13-16)25-10-9-22-21(25)29)14-4-1-5-15(12-14)24-20(27)18-8-3-11-28-18/h1-2,4-7,9-10,12-13,18H,3,8,11H2,(H,22,29)(H,23,26)(H,24,27). The number of aromatic nitrogens is 2. The van der Waals surface area contributed by atoms with Gasteiger partial charge in [0.25, 0.3) is 11.8 Å². The van der Waals surface area contributed by atoms with Crippen LogP contribution in [0.2, 0.25) is 0 Å². The van der Waals surface area contributed by atoms with Gasteiger partial charge in [0.15, 0.2) is 4.77 Å². The summed E-state index contributed by atoms with van der Waals surface area (Å²) in [4.78, 5) is 27.8. The largest absolute Gasteiger partial charge is 0.368 e. The highest BCUT2D eigenvalue weighted by molar-refractivity contribution is 7.71. The lowest BCUT2D eigenvalue weighted by molar-refractivity contribution is -0.124. The second-order valence-electron chi connectivity index (χ2n) is 6.71. The molecule has 3 N–H and O–H groups in total. The molecule has 2 aromatic carbocycles. The zero-order valence-electron chi connectivity index (χ0n) is 15.6. The fraction of sp³-hybridized carbons (Fsp3) is 0.190. The number of benzene rings is 2. The lowest BCUT2D eigenvalue weighted by Crippen LogP contribution is -2.27. The van der Waals surface area contributed by atoms with Crippen LogP contribution in [-0.4, -0.2) is 34.1 Å². The summed E-state index contributed by atoms with van der Waals surface area (Å²) in [5.41, 5.74) is 2.49. The molecule has 0 bridgehead atoms. The average Bonchev–Trinajstić information content (AvgIpc) is 3.40. The first-order valence-electron chi connectivity index (χ1n) is 9.30. The van der Waals surface area contributed by atoms with E-state index in [1.54, 1.807) is 36.5 Å². The summed E-state index contributed by atoms with van der Waals surface area (Å²) in [6.07, 6.45) is 4.75. The van der Waals surface area contributed by atoms with E-state index in [1.807, 2.05) is 29.0 Å². The second kappa shape index (κ2) is 8.42. The normalized spacial score (nSPS) is 15.8. The number of carbonyl (C=O) groups excluding carboxylic acids is 2. The monoisotopic (exact) mass is 408 g/mol. The number of aromatic amines is 1. The number of hydrogen-bond acceptors (Lipinski definition) is 4. The lowest BCUT2D eigenvalue weighted by atomic mass is 10.1. The highest BCUT2D eigenvalue weighted by Gasteiger charge is 2.23. The average molecular weight is 408 g/mol. The van der Waals surface area contributed by atoms with Gasteiger partial charge >= 0.3 is 0 Å². The van der Waals surface area contributed by atoms with Crippen molar-refractivity contribution >= 4 is 35.4 Å². The first-order valence-corrected chi connectivity index (χ1v) is 9.71. The van der Waals surface area contributed by atoms with Crippen molar-refractivity contribution in [3.63, 3.8) is 0 Å². The minimum Gasteiger partial charge on any atom is -0.368 e. The molecular weight excluding hydrogens is 388 g/mol. The first kappa shape index (κ1) is 19.1. The van der Waals surface area contributed by atoms with E-state index in [4.69, 9.17) is 17.0 Å². The van der Waals surface area contributed by atoms with Gasteiger partial charge in [-0.3, -0.25) is 14.2 Å². The highest BCUT2D eigenvalue weighted by atomic mass is 32.1. The first-order chi connectivity index (χ1) is 14.1. The summed E-state index contributed by atoms with van der Waals surface area (Å²) in [5.74, 6) is -0.455. The second-order valence-corrected chi connectivity index (χ2v) is 7.10. The van der Waals surface area contributed by atoms with E-state index in [2.05, 4.69) is 15.6 Å². The van der Waals surface area contributed by atoms with Crippen molar-refractivity contribution in [3.05, 3.63) is 71.3 Å². The fourth-order valence-corrected chi connectivity index (χ4v) is 3.44. The molecule has 1 aliphatic heterocycles. The van der Waals surface area contributed by atoms with Crippen LogP contribution in [0.15, 0.2) is 60.9 Å². The Kier molecular flexibility index (Phi) is 5.55. The number of anilines is 2. The molecule has 7 nitrogen and oxygen atoms in total. The predicted octanol–water partition coefficient (Wildman–Crippen LogP) is 3.90. The number of amides is 2. The number of hydrogen-bond donors (Lipinski definition) is 3. The van der Waals surface area contributed by atoms with Gasteiger partial charge in [0.05, 0.1) is 0 Å². The summed E-state index contributed by atoms with van der Waals surface area (Å²) in [6, 6.07) is 14.2. The van der Waals surface area contributed by atoms with E-state index in [9.17, 15) is 9.59 Å². The molecule has 29 heavy (non-hydrogen) atoms. The molecule has 1 aliphatic rings. The smallest absolute Gasteiger partial charge is 0.255 e. The number of imidazole rings is 1. The summed E-state index contributed by atoms with van der Waals surface area (Å²) in [7, 11) is 0. The van der Waals surface area contributed by atoms with Crippen LogP contribution in [0.3, 0.4) is 0 Å². The number of nitrogens with zero attached hydrogens (tertiary/aromatic N) is 1. The van der Waals surface area contributed by atoms with Gasteiger partial charge in [-0.05, 0) is 61.5 Å². The molecule has 1 fully saturated rings. The van der Waals surface area contributed by atoms with Crippen LogP contribution in [0, 0.1) is 4.77 Å². The Bertz CT molecular complexity index is 1100. The van der Waals surface area contributed by atoms with Gasteiger partial charge in [0.1, 0.15) is 6.10 Å². The molecular formula is C21H20N4O3S. The number of rotatable bonds is 5. The summed E-state index contributed by atoms with van der Waals surface area (Å²) in [5, 5.41) is 5.70. The maximum Gasteiger partial charge on any atom is 0.255 e. The summed E-state index contributed by atoms with van der Waals surface area (Å²) in [6.45, 7) is 0.605. The van der Waals surface area contributed by atoms with E-state index < -0.39 is 6.10 Å². The van der Waals surface area contributed by atoms with Crippen LogP contribution in [0.25, 0.3) is 5.69 Å². The minimum atomic E-state index is -0.421. The molecule has 1 unspecified atom stereocenters. The van der Waals surface area contributed by atoms with Crippen molar-refractivity contribution in [2.75, 3.05) is 17.2 Å². The number of ether oxygens (including phenoxy) is 1. The van der Waals surface area contributed by atoms with E-state index >= 15 is 0 Å². The van der Waals surface area contributed by atoms with Crippen molar-refractivity contribution in [2.45, 2.75) is 18.9 Å². The van der Waals surface area contributed by atoms with E-state index in [-0.39, 0.29) is 11.8 Å². The molecule has 1 aromatic heterocycles. The van der Waals surface area contributed by atoms with Crippen LogP contribution in [0.5, 0.6) is 0 Å². The maximum atomic E-state index is 12.7. The SMILES string of the molecule is O=C(Nc1cccc(-n2cc[nH]c2=S)c1)c1cccc(NC(=O)C2CCCO2)c1. The Morgan fingerprint density at radius 3 is 2.62 bits per heavy atom. The molecule has 148 valence electrons. The predicted molar refractivity (Wildman–Crippen MR) is 113 cm³/mol. The zero-order valence-corrected chi connectivity index (χ0v) is 16.4. The molecule has 8 heteroatoms. The third-order valence-corrected chi connectivity index (χ3v) is 4.96. The van der Waals surface area contributed by atoms with Crippen LogP contribution < -0.4 is 10.6 Å². The summed E-state index contributed by atoms with van der Waals surface area (Å²) < 4.78 is 7.77. The maximum absolute atomic E-state index is 12.7. The Labute approximate surface area is 172 Å². The van der Waals surface area contributed by atoms with E-state index in [0.29, 0.717) is 34.7 Å².